The van der Waals surface area contributed by atoms with Gasteiger partial charge in [0.1, 0.15) is 11.5 Å². The number of thiazole rings is 1. The quantitative estimate of drug-likeness (QED) is 0.680. The molecule has 0 spiro atoms. The summed E-state index contributed by atoms with van der Waals surface area (Å²) in [7, 11) is 0. The van der Waals surface area contributed by atoms with Gasteiger partial charge in [-0.1, -0.05) is 42.5 Å². The second-order valence-electron chi connectivity index (χ2n) is 7.06. The van der Waals surface area contributed by atoms with Gasteiger partial charge in [-0.25, -0.2) is 4.98 Å². The van der Waals surface area contributed by atoms with Gasteiger partial charge in [0.25, 0.3) is 0 Å². The number of benzene rings is 1. The van der Waals surface area contributed by atoms with Crippen LogP contribution in [0.15, 0.2) is 54.1 Å². The average Bonchev–Trinajstić information content (AvgIpc) is 3.43. The molecule has 6 nitrogen and oxygen atoms in total. The van der Waals surface area contributed by atoms with Gasteiger partial charge < -0.3 is 10.4 Å². The number of nitrogens with zero attached hydrogens (tertiary/aromatic N) is 2. The van der Waals surface area contributed by atoms with E-state index < -0.39 is 17.8 Å². The highest BCUT2D eigenvalue weighted by Crippen LogP contribution is 2.48. The summed E-state index contributed by atoms with van der Waals surface area (Å²) in [5.74, 6) is -1.82. The van der Waals surface area contributed by atoms with Crippen molar-refractivity contribution >= 4 is 34.0 Å². The van der Waals surface area contributed by atoms with Crippen LogP contribution >= 0.6 is 11.3 Å². The van der Waals surface area contributed by atoms with Crippen molar-refractivity contribution in [3.63, 3.8) is 0 Å². The van der Waals surface area contributed by atoms with Crippen LogP contribution in [0.4, 0.5) is 5.82 Å². The van der Waals surface area contributed by atoms with Crippen molar-refractivity contribution in [2.75, 3.05) is 5.32 Å². The molecule has 5 rings (SSSR count). The van der Waals surface area contributed by atoms with Crippen molar-refractivity contribution in [1.82, 2.24) is 9.38 Å². The molecule has 7 heteroatoms. The molecular formula is C20H17N3O3S. The second-order valence-corrected chi connectivity index (χ2v) is 7.93. The minimum absolute atomic E-state index is 0.0119. The second kappa shape index (κ2) is 6.06. The van der Waals surface area contributed by atoms with Gasteiger partial charge in [0.15, 0.2) is 4.96 Å². The fraction of sp³-hybridized carbons (Fsp3) is 0.250. The zero-order valence-electron chi connectivity index (χ0n) is 14.3. The van der Waals surface area contributed by atoms with Crippen LogP contribution in [0, 0.1) is 23.7 Å². The zero-order chi connectivity index (χ0) is 18.5. The Hall–Kier alpha value is -2.93. The molecule has 2 aliphatic rings. The number of aliphatic carboxylic acids is 1. The monoisotopic (exact) mass is 379 g/mol. The summed E-state index contributed by atoms with van der Waals surface area (Å²) in [6.45, 7) is 0. The zero-order valence-corrected chi connectivity index (χ0v) is 15.1. The van der Waals surface area contributed by atoms with E-state index in [0.29, 0.717) is 11.5 Å². The number of allylic oxidation sites excluding steroid dienone is 2. The molecule has 3 aromatic rings. The number of carboxylic acids is 1. The Kier molecular flexibility index (Phi) is 3.65. The largest absolute Gasteiger partial charge is 0.481 e. The van der Waals surface area contributed by atoms with Gasteiger partial charge in [0.2, 0.25) is 5.91 Å². The number of carbonyl (C=O) groups excluding carboxylic acids is 1. The van der Waals surface area contributed by atoms with Gasteiger partial charge in [-0.3, -0.25) is 14.0 Å². The van der Waals surface area contributed by atoms with E-state index in [2.05, 4.69) is 10.3 Å². The number of fused-ring (bicyclic) bond motifs is 3. The van der Waals surface area contributed by atoms with Gasteiger partial charge in [0.05, 0.1) is 11.8 Å². The minimum atomic E-state index is -0.899. The number of aromatic nitrogens is 2. The Morgan fingerprint density at radius 2 is 1.89 bits per heavy atom. The standard InChI is InChI=1S/C20H17N3O3S/c24-18(14-12-6-7-13(10-12)15(14)19(25)26)22-17-16(11-4-2-1-3-5-11)21-20-23(17)8-9-27-20/h1-9,12-15H,10H2,(H,22,24)(H,25,26). The fourth-order valence-electron chi connectivity index (χ4n) is 4.42. The molecule has 1 amide bonds. The molecule has 1 saturated carbocycles. The third kappa shape index (κ3) is 2.49. The summed E-state index contributed by atoms with van der Waals surface area (Å²) in [6.07, 6.45) is 6.53. The lowest BCUT2D eigenvalue weighted by molar-refractivity contribution is -0.146. The fourth-order valence-corrected chi connectivity index (χ4v) is 5.13. The van der Waals surface area contributed by atoms with Crippen molar-refractivity contribution in [2.24, 2.45) is 23.7 Å². The smallest absolute Gasteiger partial charge is 0.307 e. The number of imidazole rings is 1. The number of hydrogen-bond acceptors (Lipinski definition) is 4. The van der Waals surface area contributed by atoms with E-state index >= 15 is 0 Å². The highest BCUT2D eigenvalue weighted by molar-refractivity contribution is 7.15. The topological polar surface area (TPSA) is 83.7 Å². The number of rotatable bonds is 4. The van der Waals surface area contributed by atoms with Crippen molar-refractivity contribution in [1.29, 1.82) is 0 Å². The van der Waals surface area contributed by atoms with Crippen LogP contribution in [0.5, 0.6) is 0 Å². The van der Waals surface area contributed by atoms with Gasteiger partial charge in [-0.15, -0.1) is 11.3 Å². The van der Waals surface area contributed by atoms with Crippen LogP contribution in [0.3, 0.4) is 0 Å². The maximum absolute atomic E-state index is 13.1. The van der Waals surface area contributed by atoms with Crippen LogP contribution in [0.2, 0.25) is 0 Å². The lowest BCUT2D eigenvalue weighted by atomic mass is 9.82. The first-order valence-corrected chi connectivity index (χ1v) is 9.74. The maximum Gasteiger partial charge on any atom is 0.307 e. The number of anilines is 1. The SMILES string of the molecule is O=C(O)C1C2C=CC(C2)C1C(=O)Nc1c(-c2ccccc2)nc2sccn12. The summed E-state index contributed by atoms with van der Waals surface area (Å²) in [5.41, 5.74) is 1.60. The van der Waals surface area contributed by atoms with Crippen molar-refractivity contribution < 1.29 is 14.7 Å². The molecule has 0 saturated heterocycles. The first-order chi connectivity index (χ1) is 13.1. The molecule has 2 aromatic heterocycles. The van der Waals surface area contributed by atoms with E-state index in [1.165, 1.54) is 11.3 Å². The first-order valence-electron chi connectivity index (χ1n) is 8.86. The molecule has 1 aromatic carbocycles. The molecule has 4 atom stereocenters. The molecule has 2 aliphatic carbocycles. The van der Waals surface area contributed by atoms with Crippen LogP contribution in [0.1, 0.15) is 6.42 Å². The molecule has 2 heterocycles. The summed E-state index contributed by atoms with van der Waals surface area (Å²) in [6, 6.07) is 9.68. The van der Waals surface area contributed by atoms with Crippen molar-refractivity contribution in [2.45, 2.75) is 6.42 Å². The third-order valence-corrected chi connectivity index (χ3v) is 6.35. The van der Waals surface area contributed by atoms with E-state index in [9.17, 15) is 14.7 Å². The highest BCUT2D eigenvalue weighted by atomic mass is 32.1. The van der Waals surface area contributed by atoms with Crippen LogP contribution in [0.25, 0.3) is 16.2 Å². The molecule has 136 valence electrons. The Morgan fingerprint density at radius 3 is 2.63 bits per heavy atom. The highest BCUT2D eigenvalue weighted by Gasteiger charge is 2.51. The van der Waals surface area contributed by atoms with E-state index in [-0.39, 0.29) is 17.7 Å². The van der Waals surface area contributed by atoms with E-state index in [1.807, 2.05) is 58.5 Å². The predicted molar refractivity (Wildman–Crippen MR) is 102 cm³/mol. The Bertz CT molecular complexity index is 1070. The number of nitrogens with one attached hydrogen (secondary N) is 1. The van der Waals surface area contributed by atoms with Crippen LogP contribution in [-0.4, -0.2) is 26.4 Å². The van der Waals surface area contributed by atoms with Gasteiger partial charge >= 0.3 is 5.97 Å². The molecule has 2 bridgehead atoms. The summed E-state index contributed by atoms with van der Waals surface area (Å²) < 4.78 is 1.85. The average molecular weight is 379 g/mol. The van der Waals surface area contributed by atoms with Gasteiger partial charge in [0, 0.05) is 17.1 Å². The number of carboxylic acid groups (broad SMARTS) is 1. The molecule has 0 radical (unpaired) electrons. The van der Waals surface area contributed by atoms with Gasteiger partial charge in [-0.05, 0) is 18.3 Å². The van der Waals surface area contributed by atoms with Crippen LogP contribution < -0.4 is 5.32 Å². The summed E-state index contributed by atoms with van der Waals surface area (Å²) in [4.78, 5) is 30.3. The van der Waals surface area contributed by atoms with E-state index in [0.717, 1.165) is 16.9 Å². The van der Waals surface area contributed by atoms with E-state index in [4.69, 9.17) is 0 Å². The number of amides is 1. The molecule has 27 heavy (non-hydrogen) atoms. The Labute approximate surface area is 159 Å². The Balaban J connectivity index is 1.53. The molecule has 1 fully saturated rings. The van der Waals surface area contributed by atoms with Gasteiger partial charge in [-0.2, -0.15) is 0 Å². The molecule has 2 N–H and O–H groups in total. The number of carbonyl (C=O) groups is 2. The summed E-state index contributed by atoms with van der Waals surface area (Å²) >= 11 is 1.49. The summed E-state index contributed by atoms with van der Waals surface area (Å²) in [5, 5.41) is 14.5. The third-order valence-electron chi connectivity index (χ3n) is 5.60. The molecular weight excluding hydrogens is 362 g/mol. The minimum Gasteiger partial charge on any atom is -0.481 e. The number of hydrogen-bond donors (Lipinski definition) is 2. The normalized spacial score (nSPS) is 25.9. The first kappa shape index (κ1) is 16.3. The van der Waals surface area contributed by atoms with E-state index in [1.54, 1.807) is 0 Å². The Morgan fingerprint density at radius 1 is 1.15 bits per heavy atom. The molecule has 0 aliphatic heterocycles. The van der Waals surface area contributed by atoms with Crippen LogP contribution in [-0.2, 0) is 9.59 Å². The van der Waals surface area contributed by atoms with Crippen molar-refractivity contribution in [3.05, 3.63) is 54.1 Å². The van der Waals surface area contributed by atoms with Crippen molar-refractivity contribution in [3.8, 4) is 11.3 Å². The lowest BCUT2D eigenvalue weighted by Crippen LogP contribution is -2.36. The molecule has 4 unspecified atom stereocenters. The predicted octanol–water partition coefficient (Wildman–Crippen LogP) is 3.52. The maximum atomic E-state index is 13.1. The lowest BCUT2D eigenvalue weighted by Gasteiger charge is -2.23.